The maximum Gasteiger partial charge on any atom is 0.338 e. The van der Waals surface area contributed by atoms with E-state index in [4.69, 9.17) is 4.74 Å². The number of nitrogens with one attached hydrogen (secondary N) is 1. The first kappa shape index (κ1) is 20.4. The highest BCUT2D eigenvalue weighted by Crippen LogP contribution is 2.18. The van der Waals surface area contributed by atoms with Crippen molar-refractivity contribution in [2.45, 2.75) is 33.6 Å². The van der Waals surface area contributed by atoms with Crippen LogP contribution in [0.2, 0.25) is 0 Å². The molecular formula is C21H27N3O3. The summed E-state index contributed by atoms with van der Waals surface area (Å²) in [4.78, 5) is 30.6. The summed E-state index contributed by atoms with van der Waals surface area (Å²) in [7, 11) is 0. The van der Waals surface area contributed by atoms with Crippen LogP contribution in [0.25, 0.3) is 0 Å². The van der Waals surface area contributed by atoms with Crippen LogP contribution in [0.15, 0.2) is 42.6 Å². The molecule has 0 fully saturated rings. The van der Waals surface area contributed by atoms with Crippen LogP contribution in [-0.2, 0) is 4.74 Å². The average Bonchev–Trinajstić information content (AvgIpc) is 2.68. The molecule has 1 aromatic carbocycles. The summed E-state index contributed by atoms with van der Waals surface area (Å²) in [5.41, 5.74) is 1.88. The van der Waals surface area contributed by atoms with Crippen molar-refractivity contribution in [2.24, 2.45) is 0 Å². The van der Waals surface area contributed by atoms with Gasteiger partial charge >= 0.3 is 5.97 Å². The van der Waals surface area contributed by atoms with Crippen LogP contribution in [0.3, 0.4) is 0 Å². The topological polar surface area (TPSA) is 71.5 Å². The van der Waals surface area contributed by atoms with Gasteiger partial charge in [0.15, 0.2) is 0 Å². The van der Waals surface area contributed by atoms with E-state index in [0.29, 0.717) is 23.6 Å². The summed E-state index contributed by atoms with van der Waals surface area (Å²) in [5, 5.41) is 3.17. The molecule has 0 aliphatic carbocycles. The Kier molecular flexibility index (Phi) is 7.79. The molecular weight excluding hydrogens is 342 g/mol. The number of anilines is 2. The van der Waals surface area contributed by atoms with E-state index < -0.39 is 0 Å². The fraction of sp³-hybridized carbons (Fsp3) is 0.381. The second-order valence-electron chi connectivity index (χ2n) is 6.14. The van der Waals surface area contributed by atoms with Gasteiger partial charge in [0.1, 0.15) is 5.82 Å². The number of hydrogen-bond donors (Lipinski definition) is 1. The molecule has 1 heterocycles. The van der Waals surface area contributed by atoms with Gasteiger partial charge in [0.05, 0.1) is 12.2 Å². The van der Waals surface area contributed by atoms with Crippen molar-refractivity contribution in [2.75, 3.05) is 25.0 Å². The molecule has 0 saturated heterocycles. The SMILES string of the molecule is CCCN(CCC)C(=O)c1ccnc(Nc2ccc(C(=O)OCC)cc2)c1. The number of amides is 1. The molecule has 0 unspecified atom stereocenters. The molecule has 2 rings (SSSR count). The van der Waals surface area contributed by atoms with Crippen molar-refractivity contribution in [3.05, 3.63) is 53.7 Å². The standard InChI is InChI=1S/C21H27N3O3/c1-4-13-24(14-5-2)20(25)17-11-12-22-19(15-17)23-18-9-7-16(8-10-18)21(26)27-6-3/h7-12,15H,4-6,13-14H2,1-3H3,(H,22,23). The predicted octanol–water partition coefficient (Wildman–Crippen LogP) is 4.26. The van der Waals surface area contributed by atoms with Gasteiger partial charge in [0.2, 0.25) is 0 Å². The van der Waals surface area contributed by atoms with Crippen molar-refractivity contribution in [3.8, 4) is 0 Å². The number of carbonyl (C=O) groups is 2. The number of esters is 1. The number of hydrogen-bond acceptors (Lipinski definition) is 5. The monoisotopic (exact) mass is 369 g/mol. The van der Waals surface area contributed by atoms with Crippen molar-refractivity contribution in [1.29, 1.82) is 0 Å². The number of carbonyl (C=O) groups excluding carboxylic acids is 2. The Hall–Kier alpha value is -2.89. The molecule has 27 heavy (non-hydrogen) atoms. The third-order valence-electron chi connectivity index (χ3n) is 3.95. The van der Waals surface area contributed by atoms with Gasteiger partial charge in [0.25, 0.3) is 5.91 Å². The molecule has 6 nitrogen and oxygen atoms in total. The Morgan fingerprint density at radius 3 is 2.26 bits per heavy atom. The quantitative estimate of drug-likeness (QED) is 0.669. The summed E-state index contributed by atoms with van der Waals surface area (Å²) in [6.45, 7) is 7.73. The van der Waals surface area contributed by atoms with Crippen molar-refractivity contribution < 1.29 is 14.3 Å². The van der Waals surface area contributed by atoms with Crippen LogP contribution in [-0.4, -0.2) is 41.5 Å². The Bertz CT molecular complexity index is 754. The summed E-state index contributed by atoms with van der Waals surface area (Å²) in [5.74, 6) is 0.251. The molecule has 0 bridgehead atoms. The van der Waals surface area contributed by atoms with E-state index in [1.54, 1.807) is 49.5 Å². The van der Waals surface area contributed by atoms with Crippen molar-refractivity contribution in [1.82, 2.24) is 9.88 Å². The Morgan fingerprint density at radius 2 is 1.67 bits per heavy atom. The highest BCUT2D eigenvalue weighted by atomic mass is 16.5. The lowest BCUT2D eigenvalue weighted by Gasteiger charge is -2.21. The summed E-state index contributed by atoms with van der Waals surface area (Å²) in [6.07, 6.45) is 3.47. The molecule has 2 aromatic rings. The highest BCUT2D eigenvalue weighted by molar-refractivity contribution is 5.95. The second-order valence-corrected chi connectivity index (χ2v) is 6.14. The van der Waals surface area contributed by atoms with Crippen LogP contribution in [0.1, 0.15) is 54.3 Å². The first-order chi connectivity index (χ1) is 13.1. The van der Waals surface area contributed by atoms with E-state index in [0.717, 1.165) is 31.6 Å². The lowest BCUT2D eigenvalue weighted by Crippen LogP contribution is -2.32. The maximum absolute atomic E-state index is 12.7. The fourth-order valence-electron chi connectivity index (χ4n) is 2.72. The number of aromatic nitrogens is 1. The smallest absolute Gasteiger partial charge is 0.338 e. The number of ether oxygens (including phenoxy) is 1. The highest BCUT2D eigenvalue weighted by Gasteiger charge is 2.15. The third kappa shape index (κ3) is 5.81. The van der Waals surface area contributed by atoms with Crippen LogP contribution < -0.4 is 5.32 Å². The zero-order valence-corrected chi connectivity index (χ0v) is 16.2. The van der Waals surface area contributed by atoms with E-state index >= 15 is 0 Å². The van der Waals surface area contributed by atoms with Gasteiger partial charge in [-0.3, -0.25) is 4.79 Å². The van der Waals surface area contributed by atoms with Crippen LogP contribution >= 0.6 is 0 Å². The predicted molar refractivity (Wildman–Crippen MR) is 106 cm³/mol. The lowest BCUT2D eigenvalue weighted by atomic mass is 10.2. The molecule has 0 atom stereocenters. The van der Waals surface area contributed by atoms with E-state index in [2.05, 4.69) is 24.1 Å². The van der Waals surface area contributed by atoms with E-state index in [9.17, 15) is 9.59 Å². The number of nitrogens with zero attached hydrogens (tertiary/aromatic N) is 2. The van der Waals surface area contributed by atoms with Gasteiger partial charge in [-0.2, -0.15) is 0 Å². The molecule has 0 aliphatic rings. The number of benzene rings is 1. The Balaban J connectivity index is 2.11. The third-order valence-corrected chi connectivity index (χ3v) is 3.95. The van der Waals surface area contributed by atoms with E-state index in [1.807, 2.05) is 4.90 Å². The second kappa shape index (κ2) is 10.3. The number of pyridine rings is 1. The maximum atomic E-state index is 12.7. The largest absolute Gasteiger partial charge is 0.462 e. The van der Waals surface area contributed by atoms with Gasteiger partial charge in [0, 0.05) is 30.5 Å². The minimum atomic E-state index is -0.346. The Labute approximate surface area is 160 Å². The first-order valence-corrected chi connectivity index (χ1v) is 9.38. The zero-order chi connectivity index (χ0) is 19.6. The average molecular weight is 369 g/mol. The summed E-state index contributed by atoms with van der Waals surface area (Å²) in [6, 6.07) is 10.4. The minimum Gasteiger partial charge on any atom is -0.462 e. The minimum absolute atomic E-state index is 0.0156. The summed E-state index contributed by atoms with van der Waals surface area (Å²) >= 11 is 0. The van der Waals surface area contributed by atoms with Gasteiger partial charge in [-0.15, -0.1) is 0 Å². The van der Waals surface area contributed by atoms with Gasteiger partial charge in [-0.25, -0.2) is 9.78 Å². The molecule has 0 radical (unpaired) electrons. The van der Waals surface area contributed by atoms with E-state index in [-0.39, 0.29) is 11.9 Å². The van der Waals surface area contributed by atoms with Gasteiger partial charge in [-0.05, 0) is 56.2 Å². The normalized spacial score (nSPS) is 10.3. The molecule has 0 spiro atoms. The van der Waals surface area contributed by atoms with Crippen molar-refractivity contribution >= 4 is 23.4 Å². The molecule has 1 N–H and O–H groups in total. The van der Waals surface area contributed by atoms with E-state index in [1.165, 1.54) is 0 Å². The van der Waals surface area contributed by atoms with Gasteiger partial charge in [-0.1, -0.05) is 13.8 Å². The molecule has 1 aromatic heterocycles. The number of rotatable bonds is 9. The van der Waals surface area contributed by atoms with Crippen LogP contribution in [0.4, 0.5) is 11.5 Å². The zero-order valence-electron chi connectivity index (χ0n) is 16.2. The molecule has 1 amide bonds. The molecule has 6 heteroatoms. The lowest BCUT2D eigenvalue weighted by molar-refractivity contribution is 0.0526. The molecule has 0 saturated carbocycles. The van der Waals surface area contributed by atoms with Gasteiger partial charge < -0.3 is 15.0 Å². The first-order valence-electron chi connectivity index (χ1n) is 9.38. The Morgan fingerprint density at radius 1 is 1.00 bits per heavy atom. The molecule has 144 valence electrons. The van der Waals surface area contributed by atoms with Crippen molar-refractivity contribution in [3.63, 3.8) is 0 Å². The molecule has 0 aliphatic heterocycles. The fourth-order valence-corrected chi connectivity index (χ4v) is 2.72. The van der Waals surface area contributed by atoms with Crippen LogP contribution in [0, 0.1) is 0 Å². The summed E-state index contributed by atoms with van der Waals surface area (Å²) < 4.78 is 4.98. The van der Waals surface area contributed by atoms with Crippen LogP contribution in [0.5, 0.6) is 0 Å².